The van der Waals surface area contributed by atoms with Crippen LogP contribution in [0.2, 0.25) is 0 Å². The quantitative estimate of drug-likeness (QED) is 0.725. The Morgan fingerprint density at radius 3 is 2.48 bits per heavy atom. The second-order valence-corrected chi connectivity index (χ2v) is 8.05. The largest absolute Gasteiger partial charge is 0.369 e. The number of hydrogen-bond donors (Lipinski definition) is 1. The van der Waals surface area contributed by atoms with Crippen molar-refractivity contribution in [1.29, 1.82) is 0 Å². The van der Waals surface area contributed by atoms with E-state index in [0.29, 0.717) is 6.42 Å². The molecule has 0 saturated carbocycles. The first-order valence-electron chi connectivity index (χ1n) is 9.71. The van der Waals surface area contributed by atoms with Crippen LogP contribution in [0.25, 0.3) is 0 Å². The van der Waals surface area contributed by atoms with Crippen LogP contribution >= 0.6 is 11.8 Å². The second kappa shape index (κ2) is 9.81. The van der Waals surface area contributed by atoms with E-state index in [2.05, 4.69) is 53.2 Å². The molecule has 0 unspecified atom stereocenters. The lowest BCUT2D eigenvalue weighted by atomic mass is 10.1. The van der Waals surface area contributed by atoms with Gasteiger partial charge < -0.3 is 15.1 Å². The molecule has 144 valence electrons. The van der Waals surface area contributed by atoms with Gasteiger partial charge in [0.05, 0.1) is 0 Å². The zero-order valence-electron chi connectivity index (χ0n) is 16.3. The summed E-state index contributed by atoms with van der Waals surface area (Å²) in [6.45, 7) is 9.78. The molecule has 1 aliphatic rings. The van der Waals surface area contributed by atoms with Gasteiger partial charge in [0.25, 0.3) is 0 Å². The summed E-state index contributed by atoms with van der Waals surface area (Å²) < 4.78 is 0. The molecule has 1 saturated heterocycles. The zero-order valence-corrected chi connectivity index (χ0v) is 17.1. The maximum atomic E-state index is 12.3. The monoisotopic (exact) mass is 383 g/mol. The first kappa shape index (κ1) is 19.8. The van der Waals surface area contributed by atoms with E-state index in [9.17, 15) is 4.79 Å². The Bertz CT molecular complexity index is 742. The standard InChI is InChI=1S/C22H29N3OS/c1-3-24-12-14-25(15-13-24)19-9-10-21(18(2)17-19)23-22(26)11-16-27-20-7-5-4-6-8-20/h4-10,17H,3,11-16H2,1-2H3,(H,23,26). The molecule has 4 nitrogen and oxygen atoms in total. The molecule has 0 atom stereocenters. The molecule has 1 fully saturated rings. The number of nitrogens with zero attached hydrogens (tertiary/aromatic N) is 2. The lowest BCUT2D eigenvalue weighted by molar-refractivity contribution is -0.115. The molecule has 1 N–H and O–H groups in total. The fraction of sp³-hybridized carbons (Fsp3) is 0.409. The summed E-state index contributed by atoms with van der Waals surface area (Å²) in [7, 11) is 0. The van der Waals surface area contributed by atoms with E-state index in [1.54, 1.807) is 11.8 Å². The van der Waals surface area contributed by atoms with Crippen molar-refractivity contribution in [3.63, 3.8) is 0 Å². The highest BCUT2D eigenvalue weighted by Gasteiger charge is 2.16. The number of likely N-dealkylation sites (N-methyl/N-ethyl adjacent to an activating group) is 1. The molecule has 5 heteroatoms. The van der Waals surface area contributed by atoms with Gasteiger partial charge in [-0.25, -0.2) is 0 Å². The van der Waals surface area contributed by atoms with Crippen molar-refractivity contribution >= 4 is 29.0 Å². The smallest absolute Gasteiger partial charge is 0.225 e. The summed E-state index contributed by atoms with van der Waals surface area (Å²) in [6, 6.07) is 16.6. The van der Waals surface area contributed by atoms with Crippen LogP contribution in [0.5, 0.6) is 0 Å². The maximum absolute atomic E-state index is 12.3. The minimum atomic E-state index is 0.0749. The van der Waals surface area contributed by atoms with Crippen molar-refractivity contribution in [2.45, 2.75) is 25.2 Å². The number of amides is 1. The van der Waals surface area contributed by atoms with Gasteiger partial charge in [0.2, 0.25) is 5.91 Å². The van der Waals surface area contributed by atoms with E-state index in [4.69, 9.17) is 0 Å². The predicted molar refractivity (Wildman–Crippen MR) is 116 cm³/mol. The number of anilines is 2. The predicted octanol–water partition coefficient (Wildman–Crippen LogP) is 4.26. The van der Waals surface area contributed by atoms with Crippen LogP contribution in [0.3, 0.4) is 0 Å². The highest BCUT2D eigenvalue weighted by atomic mass is 32.2. The SMILES string of the molecule is CCN1CCN(c2ccc(NC(=O)CCSc3ccccc3)c(C)c2)CC1. The molecular weight excluding hydrogens is 354 g/mol. The van der Waals surface area contributed by atoms with Gasteiger partial charge in [-0.15, -0.1) is 11.8 Å². The molecule has 0 aliphatic carbocycles. The minimum Gasteiger partial charge on any atom is -0.369 e. The summed E-state index contributed by atoms with van der Waals surface area (Å²) in [4.78, 5) is 18.4. The zero-order chi connectivity index (χ0) is 19.1. The molecule has 1 amide bonds. The molecule has 0 bridgehead atoms. The van der Waals surface area contributed by atoms with Gasteiger partial charge in [0.1, 0.15) is 0 Å². The number of benzene rings is 2. The van der Waals surface area contributed by atoms with Gasteiger partial charge in [-0.1, -0.05) is 25.1 Å². The molecule has 1 aliphatic heterocycles. The Balaban J connectivity index is 1.49. The third-order valence-corrected chi connectivity index (χ3v) is 6.02. The number of piperazine rings is 1. The van der Waals surface area contributed by atoms with E-state index in [1.165, 1.54) is 10.6 Å². The molecular formula is C22H29N3OS. The minimum absolute atomic E-state index is 0.0749. The first-order valence-corrected chi connectivity index (χ1v) is 10.7. The summed E-state index contributed by atoms with van der Waals surface area (Å²) in [6.07, 6.45) is 0.514. The Morgan fingerprint density at radius 2 is 1.81 bits per heavy atom. The first-order chi connectivity index (χ1) is 13.2. The molecule has 2 aromatic rings. The molecule has 0 spiro atoms. The summed E-state index contributed by atoms with van der Waals surface area (Å²) in [5.74, 6) is 0.861. The lowest BCUT2D eigenvalue weighted by Crippen LogP contribution is -2.46. The Morgan fingerprint density at radius 1 is 1.07 bits per heavy atom. The number of carbonyl (C=O) groups is 1. The van der Waals surface area contributed by atoms with Crippen LogP contribution in [-0.4, -0.2) is 49.3 Å². The lowest BCUT2D eigenvalue weighted by Gasteiger charge is -2.35. The van der Waals surface area contributed by atoms with E-state index in [0.717, 1.165) is 49.7 Å². The van der Waals surface area contributed by atoms with E-state index >= 15 is 0 Å². The van der Waals surface area contributed by atoms with Gasteiger partial charge in [0.15, 0.2) is 0 Å². The molecule has 0 aromatic heterocycles. The number of carbonyl (C=O) groups excluding carboxylic acids is 1. The molecule has 27 heavy (non-hydrogen) atoms. The Hall–Kier alpha value is -1.98. The van der Waals surface area contributed by atoms with Crippen molar-refractivity contribution in [3.05, 3.63) is 54.1 Å². The van der Waals surface area contributed by atoms with Crippen molar-refractivity contribution in [3.8, 4) is 0 Å². The average Bonchev–Trinajstić information content (AvgIpc) is 2.70. The fourth-order valence-electron chi connectivity index (χ4n) is 3.30. The fourth-order valence-corrected chi connectivity index (χ4v) is 4.17. The van der Waals surface area contributed by atoms with Crippen LogP contribution in [0, 0.1) is 6.92 Å². The third-order valence-electron chi connectivity index (χ3n) is 5.01. The second-order valence-electron chi connectivity index (χ2n) is 6.88. The van der Waals surface area contributed by atoms with E-state index in [-0.39, 0.29) is 5.91 Å². The number of hydrogen-bond acceptors (Lipinski definition) is 4. The normalized spacial score (nSPS) is 15.0. The number of rotatable bonds is 7. The van der Waals surface area contributed by atoms with E-state index in [1.807, 2.05) is 24.3 Å². The highest BCUT2D eigenvalue weighted by Crippen LogP contribution is 2.24. The van der Waals surface area contributed by atoms with Crippen LogP contribution in [-0.2, 0) is 4.79 Å². The third kappa shape index (κ3) is 5.75. The van der Waals surface area contributed by atoms with Crippen LogP contribution < -0.4 is 10.2 Å². The van der Waals surface area contributed by atoms with Gasteiger partial charge >= 0.3 is 0 Å². The summed E-state index contributed by atoms with van der Waals surface area (Å²) in [5, 5.41) is 3.06. The Kier molecular flexibility index (Phi) is 7.18. The topological polar surface area (TPSA) is 35.6 Å². The van der Waals surface area contributed by atoms with Gasteiger partial charge in [-0.2, -0.15) is 0 Å². The Labute approximate surface area is 166 Å². The van der Waals surface area contributed by atoms with Gasteiger partial charge in [-0.3, -0.25) is 4.79 Å². The van der Waals surface area contributed by atoms with Gasteiger partial charge in [0, 0.05) is 54.6 Å². The van der Waals surface area contributed by atoms with Crippen LogP contribution in [0.4, 0.5) is 11.4 Å². The summed E-state index contributed by atoms with van der Waals surface area (Å²) >= 11 is 1.72. The highest BCUT2D eigenvalue weighted by molar-refractivity contribution is 7.99. The number of thioether (sulfide) groups is 1. The van der Waals surface area contributed by atoms with Crippen molar-refractivity contribution < 1.29 is 4.79 Å². The molecule has 1 heterocycles. The summed E-state index contributed by atoms with van der Waals surface area (Å²) in [5.41, 5.74) is 3.29. The number of aryl methyl sites for hydroxylation is 1. The maximum Gasteiger partial charge on any atom is 0.225 e. The van der Waals surface area contributed by atoms with Crippen molar-refractivity contribution in [2.75, 3.05) is 48.7 Å². The molecule has 2 aromatic carbocycles. The van der Waals surface area contributed by atoms with Crippen LogP contribution in [0.15, 0.2) is 53.4 Å². The van der Waals surface area contributed by atoms with Crippen LogP contribution in [0.1, 0.15) is 18.9 Å². The van der Waals surface area contributed by atoms with Gasteiger partial charge in [-0.05, 0) is 49.4 Å². The van der Waals surface area contributed by atoms with Crippen molar-refractivity contribution in [2.24, 2.45) is 0 Å². The van der Waals surface area contributed by atoms with Crippen molar-refractivity contribution in [1.82, 2.24) is 4.90 Å². The average molecular weight is 384 g/mol. The van der Waals surface area contributed by atoms with E-state index < -0.39 is 0 Å². The number of nitrogens with one attached hydrogen (secondary N) is 1. The molecule has 3 rings (SSSR count). The molecule has 0 radical (unpaired) electrons.